The number of amides is 1. The van der Waals surface area contributed by atoms with Gasteiger partial charge in [0.2, 0.25) is 5.91 Å². The van der Waals surface area contributed by atoms with Crippen LogP contribution in [0.4, 0.5) is 0 Å². The monoisotopic (exact) mass is 286 g/mol. The van der Waals surface area contributed by atoms with Crippen LogP contribution in [0, 0.1) is 0 Å². The van der Waals surface area contributed by atoms with Crippen LogP contribution in [0.25, 0.3) is 10.9 Å². The van der Waals surface area contributed by atoms with Gasteiger partial charge in [0.05, 0.1) is 12.1 Å². The van der Waals surface area contributed by atoms with Crippen LogP contribution in [-0.2, 0) is 16.0 Å². The summed E-state index contributed by atoms with van der Waals surface area (Å²) in [4.78, 5) is 15.3. The lowest BCUT2D eigenvalue weighted by atomic mass is 10.1. The molecule has 1 amide bonds. The highest BCUT2D eigenvalue weighted by atomic mass is 16.5. The Bertz CT molecular complexity index is 614. The molecule has 0 radical (unpaired) electrons. The van der Waals surface area contributed by atoms with Gasteiger partial charge in [-0.2, -0.15) is 0 Å². The van der Waals surface area contributed by atoms with Gasteiger partial charge in [-0.05, 0) is 37.8 Å². The van der Waals surface area contributed by atoms with Gasteiger partial charge in [-0.1, -0.05) is 18.2 Å². The highest BCUT2D eigenvalue weighted by Gasteiger charge is 2.23. The molecule has 2 heterocycles. The molecule has 112 valence electrons. The Morgan fingerprint density at radius 3 is 3.14 bits per heavy atom. The molecule has 4 nitrogen and oxygen atoms in total. The molecule has 21 heavy (non-hydrogen) atoms. The lowest BCUT2D eigenvalue weighted by molar-refractivity contribution is -0.122. The summed E-state index contributed by atoms with van der Waals surface area (Å²) >= 11 is 0. The average Bonchev–Trinajstić information content (AvgIpc) is 3.15. The maximum Gasteiger partial charge on any atom is 0.220 e. The zero-order valence-corrected chi connectivity index (χ0v) is 12.4. The van der Waals surface area contributed by atoms with E-state index in [1.54, 1.807) is 0 Å². The van der Waals surface area contributed by atoms with E-state index in [2.05, 4.69) is 22.4 Å². The van der Waals surface area contributed by atoms with Crippen LogP contribution in [-0.4, -0.2) is 29.6 Å². The Morgan fingerprint density at radius 2 is 2.33 bits per heavy atom. The minimum Gasteiger partial charge on any atom is -0.376 e. The summed E-state index contributed by atoms with van der Waals surface area (Å²) in [5.74, 6) is 0.100. The van der Waals surface area contributed by atoms with Gasteiger partial charge in [-0.25, -0.2) is 0 Å². The van der Waals surface area contributed by atoms with E-state index < -0.39 is 0 Å². The van der Waals surface area contributed by atoms with E-state index >= 15 is 0 Å². The van der Waals surface area contributed by atoms with Gasteiger partial charge in [0.25, 0.3) is 0 Å². The summed E-state index contributed by atoms with van der Waals surface area (Å²) in [7, 11) is 0. The second kappa shape index (κ2) is 6.31. The van der Waals surface area contributed by atoms with Crippen LogP contribution < -0.4 is 5.32 Å². The van der Waals surface area contributed by atoms with Crippen LogP contribution >= 0.6 is 0 Å². The number of carbonyl (C=O) groups is 1. The number of fused-ring (bicyclic) bond motifs is 1. The van der Waals surface area contributed by atoms with Crippen LogP contribution in [0.2, 0.25) is 0 Å². The lowest BCUT2D eigenvalue weighted by Gasteiger charge is -2.19. The van der Waals surface area contributed by atoms with Crippen LogP contribution in [0.1, 0.15) is 31.7 Å². The van der Waals surface area contributed by atoms with Gasteiger partial charge in [0.1, 0.15) is 0 Å². The van der Waals surface area contributed by atoms with Crippen molar-refractivity contribution in [2.75, 3.05) is 6.61 Å². The Kier molecular flexibility index (Phi) is 4.25. The topological polar surface area (TPSA) is 54.1 Å². The van der Waals surface area contributed by atoms with Crippen molar-refractivity contribution < 1.29 is 9.53 Å². The number of benzene rings is 1. The van der Waals surface area contributed by atoms with Crippen molar-refractivity contribution in [1.82, 2.24) is 10.3 Å². The maximum absolute atomic E-state index is 12.1. The molecule has 1 aliphatic heterocycles. The molecular formula is C17H22N2O2. The first-order valence-corrected chi connectivity index (χ1v) is 7.70. The van der Waals surface area contributed by atoms with Crippen LogP contribution in [0.3, 0.4) is 0 Å². The highest BCUT2D eigenvalue weighted by Crippen LogP contribution is 2.19. The number of hydrogen-bond acceptors (Lipinski definition) is 2. The second-order valence-electron chi connectivity index (χ2n) is 5.77. The van der Waals surface area contributed by atoms with Crippen LogP contribution in [0.5, 0.6) is 0 Å². The van der Waals surface area contributed by atoms with Gasteiger partial charge < -0.3 is 15.0 Å². The molecule has 1 aromatic heterocycles. The van der Waals surface area contributed by atoms with Crippen molar-refractivity contribution in [2.45, 2.75) is 44.8 Å². The fourth-order valence-electron chi connectivity index (χ4n) is 3.00. The molecule has 0 aliphatic carbocycles. The van der Waals surface area contributed by atoms with Gasteiger partial charge >= 0.3 is 0 Å². The van der Waals surface area contributed by atoms with Crippen molar-refractivity contribution in [2.24, 2.45) is 0 Å². The number of nitrogens with one attached hydrogen (secondary N) is 2. The summed E-state index contributed by atoms with van der Waals surface area (Å²) in [6.45, 7) is 2.85. The number of hydrogen-bond donors (Lipinski definition) is 2. The zero-order valence-electron chi connectivity index (χ0n) is 12.4. The molecule has 2 N–H and O–H groups in total. The maximum atomic E-state index is 12.1. The van der Waals surface area contributed by atoms with Gasteiger partial charge in [-0.3, -0.25) is 4.79 Å². The van der Waals surface area contributed by atoms with E-state index in [9.17, 15) is 4.79 Å². The summed E-state index contributed by atoms with van der Waals surface area (Å²) in [6.07, 6.45) is 5.60. The van der Waals surface area contributed by atoms with Gasteiger partial charge in [0.15, 0.2) is 0 Å². The summed E-state index contributed by atoms with van der Waals surface area (Å²) in [5, 5.41) is 4.26. The Hall–Kier alpha value is -1.81. The minimum absolute atomic E-state index is 0.1000. The number of carbonyl (C=O) groups excluding carboxylic acids is 1. The molecule has 1 aromatic carbocycles. The third-order valence-corrected chi connectivity index (χ3v) is 4.21. The van der Waals surface area contributed by atoms with Crippen molar-refractivity contribution in [3.8, 4) is 0 Å². The summed E-state index contributed by atoms with van der Waals surface area (Å²) in [6, 6.07) is 8.28. The number of H-pyrrole nitrogens is 1. The number of para-hydroxylation sites is 1. The van der Waals surface area contributed by atoms with E-state index in [1.807, 2.05) is 25.3 Å². The SMILES string of the molecule is C[C@H](NC(=O)CCc1c[nH]c2ccccc12)[C@@H]1CCCO1. The first-order chi connectivity index (χ1) is 10.2. The molecule has 1 saturated heterocycles. The quantitative estimate of drug-likeness (QED) is 0.888. The zero-order chi connectivity index (χ0) is 14.7. The Balaban J connectivity index is 1.53. The van der Waals surface area contributed by atoms with Crippen molar-refractivity contribution in [1.29, 1.82) is 0 Å². The van der Waals surface area contributed by atoms with Crippen molar-refractivity contribution in [3.63, 3.8) is 0 Å². The predicted molar refractivity (Wildman–Crippen MR) is 83.2 cm³/mol. The molecule has 0 bridgehead atoms. The standard InChI is InChI=1S/C17H22N2O2/c1-12(16-7-4-10-21-16)19-17(20)9-8-13-11-18-15-6-3-2-5-14(13)15/h2-3,5-6,11-12,16,18H,4,7-10H2,1H3,(H,19,20)/t12-,16-/m0/s1. The fraction of sp³-hybridized carbons (Fsp3) is 0.471. The molecule has 2 atom stereocenters. The second-order valence-corrected chi connectivity index (χ2v) is 5.77. The minimum atomic E-state index is 0.1000. The van der Waals surface area contributed by atoms with E-state index in [4.69, 9.17) is 4.74 Å². The van der Waals surface area contributed by atoms with Crippen molar-refractivity contribution >= 4 is 16.8 Å². The number of aryl methyl sites for hydroxylation is 1. The molecule has 1 fully saturated rings. The molecule has 4 heteroatoms. The molecular weight excluding hydrogens is 264 g/mol. The van der Waals surface area contributed by atoms with E-state index in [0.717, 1.165) is 31.4 Å². The lowest BCUT2D eigenvalue weighted by Crippen LogP contribution is -2.40. The summed E-state index contributed by atoms with van der Waals surface area (Å²) in [5.41, 5.74) is 2.33. The molecule has 1 aliphatic rings. The van der Waals surface area contributed by atoms with Crippen molar-refractivity contribution in [3.05, 3.63) is 36.0 Å². The smallest absolute Gasteiger partial charge is 0.220 e. The Morgan fingerprint density at radius 1 is 1.48 bits per heavy atom. The predicted octanol–water partition coefficient (Wildman–Crippen LogP) is 2.78. The first-order valence-electron chi connectivity index (χ1n) is 7.70. The van der Waals surface area contributed by atoms with Gasteiger partial charge in [-0.15, -0.1) is 0 Å². The number of ether oxygens (including phenoxy) is 1. The number of aromatic nitrogens is 1. The molecule has 2 aromatic rings. The van der Waals surface area contributed by atoms with E-state index in [0.29, 0.717) is 6.42 Å². The number of rotatable bonds is 5. The largest absolute Gasteiger partial charge is 0.376 e. The van der Waals surface area contributed by atoms with E-state index in [1.165, 1.54) is 10.9 Å². The molecule has 0 spiro atoms. The normalized spacial score (nSPS) is 19.8. The third kappa shape index (κ3) is 3.27. The molecule has 0 saturated carbocycles. The molecule has 0 unspecified atom stereocenters. The Labute approximate surface area is 124 Å². The first kappa shape index (κ1) is 14.1. The summed E-state index contributed by atoms with van der Waals surface area (Å²) < 4.78 is 5.60. The van der Waals surface area contributed by atoms with E-state index in [-0.39, 0.29) is 18.1 Å². The molecule has 3 rings (SSSR count). The number of aromatic amines is 1. The van der Waals surface area contributed by atoms with Crippen LogP contribution in [0.15, 0.2) is 30.5 Å². The van der Waals surface area contributed by atoms with Gasteiger partial charge in [0, 0.05) is 30.1 Å². The average molecular weight is 286 g/mol. The highest BCUT2D eigenvalue weighted by molar-refractivity contribution is 5.84. The third-order valence-electron chi connectivity index (χ3n) is 4.21. The fourth-order valence-corrected chi connectivity index (χ4v) is 3.00.